The molecule has 0 aliphatic carbocycles. The van der Waals surface area contributed by atoms with Gasteiger partial charge in [-0.05, 0) is 42.8 Å². The fraction of sp³-hybridized carbons (Fsp3) is 0.375. The number of ether oxygens (including phenoxy) is 2. The number of carbonyl (C=O) groups excluding carboxylic acids is 3. The molecule has 11 heteroatoms. The van der Waals surface area contributed by atoms with Crippen LogP contribution in [0, 0.1) is 0 Å². The van der Waals surface area contributed by atoms with Gasteiger partial charge in [0.1, 0.15) is 17.9 Å². The molecule has 1 atom stereocenters. The summed E-state index contributed by atoms with van der Waals surface area (Å²) in [6.07, 6.45) is 1.99. The van der Waals surface area contributed by atoms with Crippen LogP contribution in [0.1, 0.15) is 41.6 Å². The number of piperidine rings is 1. The number of nitrogens with one attached hydrogen (secondary N) is 2. The van der Waals surface area contributed by atoms with Crippen molar-refractivity contribution in [3.63, 3.8) is 0 Å². The Labute approximate surface area is 202 Å². The molecule has 2 fully saturated rings. The van der Waals surface area contributed by atoms with Crippen molar-refractivity contribution in [3.8, 4) is 5.75 Å². The molecule has 0 radical (unpaired) electrons. The molecule has 5 rings (SSSR count). The van der Waals surface area contributed by atoms with Gasteiger partial charge in [-0.15, -0.1) is 0 Å². The van der Waals surface area contributed by atoms with Crippen LogP contribution >= 0.6 is 0 Å². The Morgan fingerprint density at radius 1 is 1.00 bits per heavy atom. The maximum absolute atomic E-state index is 13.1. The topological polar surface area (TPSA) is 131 Å². The van der Waals surface area contributed by atoms with Gasteiger partial charge in [-0.1, -0.05) is 6.07 Å². The molecule has 3 amide bonds. The first-order valence-corrected chi connectivity index (χ1v) is 12.9. The minimum Gasteiger partial charge on any atom is -0.490 e. The lowest BCUT2D eigenvalue weighted by Crippen LogP contribution is -2.52. The van der Waals surface area contributed by atoms with Gasteiger partial charge in [-0.3, -0.25) is 24.4 Å². The second-order valence-electron chi connectivity index (χ2n) is 8.74. The molecule has 1 unspecified atom stereocenters. The van der Waals surface area contributed by atoms with E-state index < -0.39 is 22.0 Å². The zero-order chi connectivity index (χ0) is 24.6. The molecule has 0 spiro atoms. The molecule has 184 valence electrons. The van der Waals surface area contributed by atoms with Gasteiger partial charge in [0, 0.05) is 36.9 Å². The lowest BCUT2D eigenvalue weighted by molar-refractivity contribution is -0.136. The number of nitrogens with zero attached hydrogens (tertiary/aromatic N) is 1. The van der Waals surface area contributed by atoms with Crippen molar-refractivity contribution in [3.05, 3.63) is 53.6 Å². The van der Waals surface area contributed by atoms with Crippen LogP contribution in [0.25, 0.3) is 0 Å². The number of carbonyl (C=O) groups is 3. The highest BCUT2D eigenvalue weighted by atomic mass is 32.2. The number of imide groups is 1. The lowest BCUT2D eigenvalue weighted by Gasteiger charge is -2.29. The number of rotatable bonds is 6. The van der Waals surface area contributed by atoms with E-state index in [0.29, 0.717) is 30.1 Å². The Balaban J connectivity index is 1.32. The van der Waals surface area contributed by atoms with Crippen LogP contribution in [0.4, 0.5) is 5.69 Å². The summed E-state index contributed by atoms with van der Waals surface area (Å²) in [6, 6.07) is 10.2. The van der Waals surface area contributed by atoms with Crippen molar-refractivity contribution >= 4 is 33.4 Å². The van der Waals surface area contributed by atoms with E-state index in [1.54, 1.807) is 30.3 Å². The van der Waals surface area contributed by atoms with Crippen molar-refractivity contribution < 1.29 is 32.3 Å². The number of fused-ring (bicyclic) bond motifs is 1. The SMILES string of the molecule is O=C1CCC(N2Cc3c(NS(=O)(=O)c4ccc(OC5CCOCC5)cc4)cccc3C2=O)C(=O)N1. The van der Waals surface area contributed by atoms with Crippen LogP contribution in [0.15, 0.2) is 47.4 Å². The van der Waals surface area contributed by atoms with Gasteiger partial charge >= 0.3 is 0 Å². The second kappa shape index (κ2) is 9.31. The zero-order valence-corrected chi connectivity index (χ0v) is 19.7. The molecule has 10 nitrogen and oxygen atoms in total. The summed E-state index contributed by atoms with van der Waals surface area (Å²) in [4.78, 5) is 38.2. The minimum atomic E-state index is -3.94. The molecule has 3 heterocycles. The molecule has 2 N–H and O–H groups in total. The third-order valence-corrected chi connectivity index (χ3v) is 7.81. The average Bonchev–Trinajstić information content (AvgIpc) is 3.17. The fourth-order valence-corrected chi connectivity index (χ4v) is 5.66. The molecule has 0 saturated carbocycles. The van der Waals surface area contributed by atoms with E-state index in [9.17, 15) is 22.8 Å². The first kappa shape index (κ1) is 23.3. The number of benzene rings is 2. The first-order valence-electron chi connectivity index (χ1n) is 11.5. The van der Waals surface area contributed by atoms with Gasteiger partial charge in [0.2, 0.25) is 11.8 Å². The molecular weight excluding hydrogens is 474 g/mol. The molecule has 0 aromatic heterocycles. The standard InChI is InChI=1S/C24H25N3O7S/c28-22-9-8-21(23(29)25-22)27-14-19-18(24(27)30)2-1-3-20(19)26-35(31,32)17-6-4-15(5-7-17)34-16-10-12-33-13-11-16/h1-7,16,21,26H,8-14H2,(H,25,28,29). The van der Waals surface area contributed by atoms with Crippen molar-refractivity contribution in [2.45, 2.75) is 49.3 Å². The van der Waals surface area contributed by atoms with Gasteiger partial charge in [0.25, 0.3) is 15.9 Å². The molecule has 35 heavy (non-hydrogen) atoms. The second-order valence-corrected chi connectivity index (χ2v) is 10.4. The van der Waals surface area contributed by atoms with E-state index >= 15 is 0 Å². The fourth-order valence-electron chi connectivity index (χ4n) is 4.57. The third kappa shape index (κ3) is 4.73. The van der Waals surface area contributed by atoms with Crippen LogP contribution in [0.3, 0.4) is 0 Å². The van der Waals surface area contributed by atoms with Crippen molar-refractivity contribution in [1.82, 2.24) is 10.2 Å². The zero-order valence-electron chi connectivity index (χ0n) is 18.9. The van der Waals surface area contributed by atoms with E-state index in [0.717, 1.165) is 12.8 Å². The van der Waals surface area contributed by atoms with Gasteiger partial charge in [-0.2, -0.15) is 0 Å². The largest absolute Gasteiger partial charge is 0.490 e. The van der Waals surface area contributed by atoms with E-state index in [-0.39, 0.29) is 47.9 Å². The molecule has 2 aromatic carbocycles. The number of amides is 3. The summed E-state index contributed by atoms with van der Waals surface area (Å²) in [6.45, 7) is 1.36. The minimum absolute atomic E-state index is 0.0427. The Morgan fingerprint density at radius 2 is 1.74 bits per heavy atom. The maximum Gasteiger partial charge on any atom is 0.261 e. The molecule has 2 saturated heterocycles. The third-order valence-electron chi connectivity index (χ3n) is 6.43. The monoisotopic (exact) mass is 499 g/mol. The Kier molecular flexibility index (Phi) is 6.20. The predicted molar refractivity (Wildman–Crippen MR) is 124 cm³/mol. The number of hydrogen-bond donors (Lipinski definition) is 2. The molecule has 3 aliphatic rings. The van der Waals surface area contributed by atoms with Crippen molar-refractivity contribution in [2.24, 2.45) is 0 Å². The summed E-state index contributed by atoms with van der Waals surface area (Å²) in [7, 11) is -3.94. The predicted octanol–water partition coefficient (Wildman–Crippen LogP) is 1.81. The molecule has 3 aliphatic heterocycles. The molecular formula is C24H25N3O7S. The number of hydrogen-bond acceptors (Lipinski definition) is 7. The maximum atomic E-state index is 13.1. The first-order chi connectivity index (χ1) is 16.8. The lowest BCUT2D eigenvalue weighted by atomic mass is 10.0. The summed E-state index contributed by atoms with van der Waals surface area (Å²) in [5.41, 5.74) is 1.09. The van der Waals surface area contributed by atoms with E-state index in [1.165, 1.54) is 17.0 Å². The van der Waals surface area contributed by atoms with Crippen molar-refractivity contribution in [1.29, 1.82) is 0 Å². The van der Waals surface area contributed by atoms with Crippen LogP contribution in [-0.4, -0.2) is 56.4 Å². The Bertz CT molecular complexity index is 1270. The summed E-state index contributed by atoms with van der Waals surface area (Å²) in [5.74, 6) is -0.673. The highest BCUT2D eigenvalue weighted by Gasteiger charge is 2.40. The highest BCUT2D eigenvalue weighted by Crippen LogP contribution is 2.33. The van der Waals surface area contributed by atoms with Gasteiger partial charge < -0.3 is 14.4 Å². The highest BCUT2D eigenvalue weighted by molar-refractivity contribution is 7.92. The summed E-state index contributed by atoms with van der Waals surface area (Å²) >= 11 is 0. The smallest absolute Gasteiger partial charge is 0.261 e. The Hall–Kier alpha value is -3.44. The quantitative estimate of drug-likeness (QED) is 0.580. The van der Waals surface area contributed by atoms with E-state index in [2.05, 4.69) is 10.0 Å². The van der Waals surface area contributed by atoms with Crippen LogP contribution in [0.5, 0.6) is 5.75 Å². The van der Waals surface area contributed by atoms with Gasteiger partial charge in [-0.25, -0.2) is 8.42 Å². The van der Waals surface area contributed by atoms with Gasteiger partial charge in [0.05, 0.1) is 23.8 Å². The van der Waals surface area contributed by atoms with Crippen molar-refractivity contribution in [2.75, 3.05) is 17.9 Å². The Morgan fingerprint density at radius 3 is 2.46 bits per heavy atom. The normalized spacial score (nSPS) is 21.0. The summed E-state index contributed by atoms with van der Waals surface area (Å²) < 4.78 is 40.0. The van der Waals surface area contributed by atoms with Gasteiger partial charge in [0.15, 0.2) is 0 Å². The van der Waals surface area contributed by atoms with E-state index in [1.807, 2.05) is 0 Å². The average molecular weight is 500 g/mol. The van der Waals surface area contributed by atoms with Crippen LogP contribution in [0.2, 0.25) is 0 Å². The van der Waals surface area contributed by atoms with Crippen LogP contribution < -0.4 is 14.8 Å². The van der Waals surface area contributed by atoms with E-state index in [4.69, 9.17) is 9.47 Å². The number of anilines is 1. The van der Waals surface area contributed by atoms with Crippen LogP contribution in [-0.2, 0) is 30.9 Å². The number of sulfonamides is 1. The molecule has 2 aromatic rings. The molecule has 0 bridgehead atoms. The summed E-state index contributed by atoms with van der Waals surface area (Å²) in [5, 5.41) is 2.26.